The van der Waals surface area contributed by atoms with Gasteiger partial charge in [0.2, 0.25) is 0 Å². The number of aromatic nitrogens is 3. The fourth-order valence-electron chi connectivity index (χ4n) is 1.30. The standard InChI is InChI=1S/C10H5ClF3N3O2/c11-7-1-6(10(12,13)14)3-15-8(7)17-4-5(2-16-17)9(18)19/h1-4H,(H,18,19). The first kappa shape index (κ1) is 13.3. The minimum atomic E-state index is -4.55. The quantitative estimate of drug-likeness (QED) is 0.923. The molecule has 0 fully saturated rings. The van der Waals surface area contributed by atoms with Gasteiger partial charge in [0, 0.05) is 12.4 Å². The highest BCUT2D eigenvalue weighted by atomic mass is 35.5. The highest BCUT2D eigenvalue weighted by Gasteiger charge is 2.31. The lowest BCUT2D eigenvalue weighted by molar-refractivity contribution is -0.137. The summed E-state index contributed by atoms with van der Waals surface area (Å²) >= 11 is 5.69. The number of nitrogens with zero attached hydrogens (tertiary/aromatic N) is 3. The van der Waals surface area contributed by atoms with Crippen LogP contribution < -0.4 is 0 Å². The Balaban J connectivity index is 2.43. The van der Waals surface area contributed by atoms with E-state index in [1.54, 1.807) is 0 Å². The second kappa shape index (κ2) is 4.54. The number of pyridine rings is 1. The molecule has 2 aromatic rings. The van der Waals surface area contributed by atoms with Crippen molar-refractivity contribution in [3.05, 3.63) is 40.8 Å². The first-order chi connectivity index (χ1) is 8.79. The second-order valence-corrected chi connectivity index (χ2v) is 3.91. The average Bonchev–Trinajstić information content (AvgIpc) is 2.76. The van der Waals surface area contributed by atoms with Crippen molar-refractivity contribution >= 4 is 17.6 Å². The summed E-state index contributed by atoms with van der Waals surface area (Å²) in [5.74, 6) is -1.29. The number of carboxylic acid groups (broad SMARTS) is 1. The molecule has 0 aliphatic rings. The van der Waals surface area contributed by atoms with Gasteiger partial charge >= 0.3 is 12.1 Å². The smallest absolute Gasteiger partial charge is 0.417 e. The van der Waals surface area contributed by atoms with Crippen molar-refractivity contribution in [2.75, 3.05) is 0 Å². The molecule has 0 unspecified atom stereocenters. The van der Waals surface area contributed by atoms with Gasteiger partial charge in [-0.3, -0.25) is 0 Å². The topological polar surface area (TPSA) is 68.0 Å². The highest BCUT2D eigenvalue weighted by molar-refractivity contribution is 6.32. The number of carbonyl (C=O) groups is 1. The summed E-state index contributed by atoms with van der Waals surface area (Å²) in [6.07, 6.45) is -1.81. The van der Waals surface area contributed by atoms with Crippen molar-refractivity contribution in [1.82, 2.24) is 14.8 Å². The molecule has 0 aliphatic carbocycles. The van der Waals surface area contributed by atoms with Gasteiger partial charge in [0.05, 0.1) is 22.3 Å². The predicted molar refractivity (Wildman–Crippen MR) is 58.3 cm³/mol. The summed E-state index contributed by atoms with van der Waals surface area (Å²) in [5.41, 5.74) is -1.12. The molecule has 0 saturated heterocycles. The third-order valence-electron chi connectivity index (χ3n) is 2.20. The van der Waals surface area contributed by atoms with Crippen molar-refractivity contribution in [3.8, 4) is 5.82 Å². The Morgan fingerprint density at radius 3 is 2.53 bits per heavy atom. The van der Waals surface area contributed by atoms with Crippen molar-refractivity contribution in [2.24, 2.45) is 0 Å². The molecule has 19 heavy (non-hydrogen) atoms. The lowest BCUT2D eigenvalue weighted by Crippen LogP contribution is -2.08. The van der Waals surface area contributed by atoms with Crippen LogP contribution in [0.4, 0.5) is 13.2 Å². The van der Waals surface area contributed by atoms with Crippen LogP contribution >= 0.6 is 11.6 Å². The van der Waals surface area contributed by atoms with Gasteiger partial charge in [-0.15, -0.1) is 0 Å². The lowest BCUT2D eigenvalue weighted by Gasteiger charge is -2.08. The van der Waals surface area contributed by atoms with Crippen molar-refractivity contribution in [2.45, 2.75) is 6.18 Å². The monoisotopic (exact) mass is 291 g/mol. The molecule has 5 nitrogen and oxygen atoms in total. The van der Waals surface area contributed by atoms with Crippen LogP contribution in [0.2, 0.25) is 5.02 Å². The fourth-order valence-corrected chi connectivity index (χ4v) is 1.56. The van der Waals surface area contributed by atoms with Crippen LogP contribution in [0.3, 0.4) is 0 Å². The number of hydrogen-bond donors (Lipinski definition) is 1. The van der Waals surface area contributed by atoms with Gasteiger partial charge in [0.25, 0.3) is 0 Å². The molecule has 0 aliphatic heterocycles. The summed E-state index contributed by atoms with van der Waals surface area (Å²) in [6.45, 7) is 0. The van der Waals surface area contributed by atoms with E-state index in [9.17, 15) is 18.0 Å². The molecule has 2 heterocycles. The van der Waals surface area contributed by atoms with Gasteiger partial charge in [-0.2, -0.15) is 18.3 Å². The van der Waals surface area contributed by atoms with Gasteiger partial charge in [-0.05, 0) is 6.07 Å². The number of hydrogen-bond acceptors (Lipinski definition) is 3. The minimum absolute atomic E-state index is 0.0813. The van der Waals surface area contributed by atoms with E-state index >= 15 is 0 Å². The van der Waals surface area contributed by atoms with Gasteiger partial charge in [0.15, 0.2) is 5.82 Å². The van der Waals surface area contributed by atoms with E-state index in [4.69, 9.17) is 16.7 Å². The summed E-state index contributed by atoms with van der Waals surface area (Å²) in [7, 11) is 0. The van der Waals surface area contributed by atoms with Crippen LogP contribution in [-0.2, 0) is 6.18 Å². The van der Waals surface area contributed by atoms with Crippen molar-refractivity contribution in [1.29, 1.82) is 0 Å². The Morgan fingerprint density at radius 1 is 1.37 bits per heavy atom. The number of aromatic carboxylic acids is 1. The maximum atomic E-state index is 12.4. The third kappa shape index (κ3) is 2.68. The Bertz CT molecular complexity index is 639. The number of carboxylic acids is 1. The molecule has 9 heteroatoms. The van der Waals surface area contributed by atoms with E-state index < -0.39 is 17.7 Å². The van der Waals surface area contributed by atoms with E-state index in [1.165, 1.54) is 0 Å². The molecular weight excluding hydrogens is 287 g/mol. The Morgan fingerprint density at radius 2 is 2.05 bits per heavy atom. The Hall–Kier alpha value is -2.09. The Labute approximate surface area is 109 Å². The van der Waals surface area contributed by atoms with Gasteiger partial charge < -0.3 is 5.11 Å². The van der Waals surface area contributed by atoms with Crippen molar-refractivity contribution < 1.29 is 23.1 Å². The zero-order valence-corrected chi connectivity index (χ0v) is 9.77. The molecule has 0 aromatic carbocycles. The SMILES string of the molecule is O=C(O)c1cnn(-c2ncc(C(F)(F)F)cc2Cl)c1. The lowest BCUT2D eigenvalue weighted by atomic mass is 10.3. The normalized spacial score (nSPS) is 11.6. The van der Waals surface area contributed by atoms with E-state index in [0.717, 1.165) is 17.1 Å². The number of alkyl halides is 3. The zero-order valence-electron chi connectivity index (χ0n) is 9.02. The fraction of sp³-hybridized carbons (Fsp3) is 0.100. The molecule has 0 bridgehead atoms. The molecule has 0 atom stereocenters. The first-order valence-electron chi connectivity index (χ1n) is 4.80. The minimum Gasteiger partial charge on any atom is -0.478 e. The maximum absolute atomic E-state index is 12.4. The van der Waals surface area contributed by atoms with Gasteiger partial charge in [0.1, 0.15) is 0 Å². The number of halogens is 4. The van der Waals surface area contributed by atoms with Crippen LogP contribution in [-0.4, -0.2) is 25.8 Å². The molecular formula is C10H5ClF3N3O2. The van der Waals surface area contributed by atoms with E-state index in [1.807, 2.05) is 0 Å². The molecule has 1 N–H and O–H groups in total. The summed E-state index contributed by atoms with van der Waals surface area (Å²) in [6, 6.07) is 0.700. The maximum Gasteiger partial charge on any atom is 0.417 e. The molecule has 0 amide bonds. The van der Waals surface area contributed by atoms with Gasteiger partial charge in [-0.25, -0.2) is 14.5 Å². The van der Waals surface area contributed by atoms with Crippen LogP contribution in [0, 0.1) is 0 Å². The third-order valence-corrected chi connectivity index (χ3v) is 2.47. The molecule has 2 rings (SSSR count). The van der Waals surface area contributed by atoms with Crippen LogP contribution in [0.25, 0.3) is 5.82 Å². The van der Waals surface area contributed by atoms with Gasteiger partial charge in [-0.1, -0.05) is 11.6 Å². The van der Waals surface area contributed by atoms with Crippen molar-refractivity contribution in [3.63, 3.8) is 0 Å². The first-order valence-corrected chi connectivity index (χ1v) is 5.18. The average molecular weight is 292 g/mol. The second-order valence-electron chi connectivity index (χ2n) is 3.51. The largest absolute Gasteiger partial charge is 0.478 e. The zero-order chi connectivity index (χ0) is 14.2. The van der Waals surface area contributed by atoms with Crippen LogP contribution in [0.1, 0.15) is 15.9 Å². The molecule has 0 saturated carbocycles. The van der Waals surface area contributed by atoms with E-state index in [-0.39, 0.29) is 16.4 Å². The summed E-state index contributed by atoms with van der Waals surface area (Å²) in [5, 5.41) is 12.1. The van der Waals surface area contributed by atoms with Crippen LogP contribution in [0.15, 0.2) is 24.7 Å². The van der Waals surface area contributed by atoms with E-state index in [2.05, 4.69) is 10.1 Å². The summed E-state index contributed by atoms with van der Waals surface area (Å²) < 4.78 is 38.2. The predicted octanol–water partition coefficient (Wildman–Crippen LogP) is 2.64. The summed E-state index contributed by atoms with van der Waals surface area (Å²) in [4.78, 5) is 14.2. The highest BCUT2D eigenvalue weighted by Crippen LogP contribution is 2.31. The molecule has 100 valence electrons. The van der Waals surface area contributed by atoms with E-state index in [0.29, 0.717) is 12.3 Å². The Kier molecular flexibility index (Phi) is 3.19. The molecule has 2 aromatic heterocycles. The van der Waals surface area contributed by atoms with Crippen LogP contribution in [0.5, 0.6) is 0 Å². The number of rotatable bonds is 2. The molecule has 0 radical (unpaired) electrons. The molecule has 0 spiro atoms.